The predicted octanol–water partition coefficient (Wildman–Crippen LogP) is 3.13. The van der Waals surface area contributed by atoms with Crippen LogP contribution in [0.25, 0.3) is 0 Å². The van der Waals surface area contributed by atoms with Gasteiger partial charge in [-0.15, -0.1) is 0 Å². The zero-order chi connectivity index (χ0) is 9.84. The number of halogens is 3. The second-order valence-electron chi connectivity index (χ2n) is 2.47. The maximum absolute atomic E-state index is 12.9. The highest BCUT2D eigenvalue weighted by atomic mass is 35.5. The molecule has 1 aromatic rings. The molecular formula is C9H8ClF2N. The van der Waals surface area contributed by atoms with Gasteiger partial charge in [0.1, 0.15) is 17.3 Å². The van der Waals surface area contributed by atoms with Crippen LogP contribution in [-0.4, -0.2) is 6.54 Å². The van der Waals surface area contributed by atoms with Crippen LogP contribution in [0.15, 0.2) is 29.8 Å². The molecule has 0 saturated carbocycles. The zero-order valence-electron chi connectivity index (χ0n) is 6.78. The minimum Gasteiger partial charge on any atom is -0.375 e. The number of rotatable bonds is 3. The Morgan fingerprint density at radius 1 is 1.38 bits per heavy atom. The Hall–Kier alpha value is -1.09. The molecule has 1 nitrogen and oxygen atoms in total. The summed E-state index contributed by atoms with van der Waals surface area (Å²) >= 11 is 5.43. The Morgan fingerprint density at radius 2 is 1.92 bits per heavy atom. The van der Waals surface area contributed by atoms with Crippen LogP contribution >= 0.6 is 11.6 Å². The normalized spacial score (nSPS) is 9.77. The van der Waals surface area contributed by atoms with Gasteiger partial charge in [0.15, 0.2) is 0 Å². The second-order valence-corrected chi connectivity index (χ2v) is 3.00. The molecule has 0 amide bonds. The van der Waals surface area contributed by atoms with Gasteiger partial charge in [-0.1, -0.05) is 24.2 Å². The molecule has 1 rings (SSSR count). The van der Waals surface area contributed by atoms with Gasteiger partial charge >= 0.3 is 0 Å². The summed E-state index contributed by atoms with van der Waals surface area (Å²) in [6.45, 7) is 3.53. The summed E-state index contributed by atoms with van der Waals surface area (Å²) in [7, 11) is 0. The van der Waals surface area contributed by atoms with Crippen molar-refractivity contribution in [3.8, 4) is 0 Å². The Labute approximate surface area is 80.0 Å². The lowest BCUT2D eigenvalue weighted by Gasteiger charge is -2.06. The van der Waals surface area contributed by atoms with E-state index < -0.39 is 11.6 Å². The van der Waals surface area contributed by atoms with Crippen molar-refractivity contribution in [1.82, 2.24) is 0 Å². The zero-order valence-corrected chi connectivity index (χ0v) is 7.54. The van der Waals surface area contributed by atoms with Crippen LogP contribution in [0, 0.1) is 11.6 Å². The molecule has 0 spiro atoms. The largest absolute Gasteiger partial charge is 0.375 e. The molecule has 1 N–H and O–H groups in total. The second kappa shape index (κ2) is 4.23. The van der Waals surface area contributed by atoms with Gasteiger partial charge in [0.25, 0.3) is 0 Å². The standard InChI is InChI=1S/C9H8ClF2N/c1-6(10)5-13-9-7(11)3-2-4-8(9)12/h2-4,13H,1,5H2. The average molecular weight is 204 g/mol. The molecule has 0 aliphatic rings. The van der Waals surface area contributed by atoms with Crippen molar-refractivity contribution in [2.24, 2.45) is 0 Å². The molecule has 0 aliphatic carbocycles. The first-order valence-electron chi connectivity index (χ1n) is 3.62. The Balaban J connectivity index is 2.81. The van der Waals surface area contributed by atoms with Crippen molar-refractivity contribution in [3.05, 3.63) is 41.4 Å². The van der Waals surface area contributed by atoms with Gasteiger partial charge in [-0.3, -0.25) is 0 Å². The topological polar surface area (TPSA) is 12.0 Å². The Kier molecular flexibility index (Phi) is 3.25. The summed E-state index contributed by atoms with van der Waals surface area (Å²) in [5.41, 5.74) is -0.177. The molecule has 1 aromatic carbocycles. The van der Waals surface area contributed by atoms with Crippen LogP contribution in [0.1, 0.15) is 0 Å². The number of para-hydroxylation sites is 1. The summed E-state index contributed by atoms with van der Waals surface area (Å²) in [6, 6.07) is 3.64. The van der Waals surface area contributed by atoms with Crippen molar-refractivity contribution in [2.75, 3.05) is 11.9 Å². The van der Waals surface area contributed by atoms with Gasteiger partial charge in [-0.25, -0.2) is 8.78 Å². The van der Waals surface area contributed by atoms with E-state index in [1.165, 1.54) is 18.2 Å². The molecule has 0 heterocycles. The van der Waals surface area contributed by atoms with Crippen molar-refractivity contribution in [2.45, 2.75) is 0 Å². The molecule has 0 unspecified atom stereocenters. The third-order valence-electron chi connectivity index (χ3n) is 1.42. The number of hydrogen-bond donors (Lipinski definition) is 1. The molecule has 0 atom stereocenters. The molecular weight excluding hydrogens is 196 g/mol. The van der Waals surface area contributed by atoms with E-state index in [-0.39, 0.29) is 12.2 Å². The van der Waals surface area contributed by atoms with Crippen LogP contribution < -0.4 is 5.32 Å². The minimum atomic E-state index is -0.641. The summed E-state index contributed by atoms with van der Waals surface area (Å²) < 4.78 is 25.9. The number of hydrogen-bond acceptors (Lipinski definition) is 1. The van der Waals surface area contributed by atoms with Gasteiger partial charge in [0.2, 0.25) is 0 Å². The highest BCUT2D eigenvalue weighted by Crippen LogP contribution is 2.18. The SMILES string of the molecule is C=C(Cl)CNc1c(F)cccc1F. The lowest BCUT2D eigenvalue weighted by molar-refractivity contribution is 0.589. The first kappa shape index (κ1) is 9.99. The monoisotopic (exact) mass is 203 g/mol. The van der Waals surface area contributed by atoms with E-state index in [1.54, 1.807) is 0 Å². The minimum absolute atomic E-state index is 0.138. The number of nitrogens with one attached hydrogen (secondary N) is 1. The molecule has 0 saturated heterocycles. The third-order valence-corrected chi connectivity index (χ3v) is 1.55. The molecule has 13 heavy (non-hydrogen) atoms. The smallest absolute Gasteiger partial charge is 0.149 e. The van der Waals surface area contributed by atoms with Gasteiger partial charge in [-0.2, -0.15) is 0 Å². The molecule has 0 fully saturated rings. The van der Waals surface area contributed by atoms with E-state index in [1.807, 2.05) is 0 Å². The van der Waals surface area contributed by atoms with Crippen molar-refractivity contribution in [1.29, 1.82) is 0 Å². The van der Waals surface area contributed by atoms with Crippen molar-refractivity contribution in [3.63, 3.8) is 0 Å². The Bertz CT molecular complexity index is 305. The first-order chi connectivity index (χ1) is 6.11. The Morgan fingerprint density at radius 3 is 2.38 bits per heavy atom. The van der Waals surface area contributed by atoms with Crippen molar-refractivity contribution < 1.29 is 8.78 Å². The van der Waals surface area contributed by atoms with E-state index in [0.29, 0.717) is 5.03 Å². The fourth-order valence-electron chi connectivity index (χ4n) is 0.851. The van der Waals surface area contributed by atoms with Crippen LogP contribution in [0.4, 0.5) is 14.5 Å². The molecule has 0 aromatic heterocycles. The van der Waals surface area contributed by atoms with Crippen LogP contribution in [0.5, 0.6) is 0 Å². The van der Waals surface area contributed by atoms with Gasteiger partial charge in [0, 0.05) is 5.03 Å². The highest BCUT2D eigenvalue weighted by molar-refractivity contribution is 6.29. The third kappa shape index (κ3) is 2.70. The molecule has 70 valence electrons. The molecule has 0 bridgehead atoms. The fraction of sp³-hybridized carbons (Fsp3) is 0.111. The number of benzene rings is 1. The lowest BCUT2D eigenvalue weighted by atomic mass is 10.3. The summed E-state index contributed by atoms with van der Waals surface area (Å²) in [4.78, 5) is 0. The van der Waals surface area contributed by atoms with Crippen LogP contribution in [0.3, 0.4) is 0 Å². The molecule has 0 aliphatic heterocycles. The average Bonchev–Trinajstić information content (AvgIpc) is 2.03. The predicted molar refractivity (Wildman–Crippen MR) is 49.8 cm³/mol. The highest BCUT2D eigenvalue weighted by Gasteiger charge is 2.06. The quantitative estimate of drug-likeness (QED) is 0.796. The lowest BCUT2D eigenvalue weighted by Crippen LogP contribution is -2.04. The van der Waals surface area contributed by atoms with E-state index in [2.05, 4.69) is 11.9 Å². The van der Waals surface area contributed by atoms with E-state index in [0.717, 1.165) is 0 Å². The van der Waals surface area contributed by atoms with Gasteiger partial charge in [-0.05, 0) is 12.1 Å². The maximum atomic E-state index is 12.9. The van der Waals surface area contributed by atoms with E-state index in [4.69, 9.17) is 11.6 Å². The first-order valence-corrected chi connectivity index (χ1v) is 4.00. The van der Waals surface area contributed by atoms with Gasteiger partial charge in [0.05, 0.1) is 6.54 Å². The molecule has 4 heteroatoms. The number of anilines is 1. The fourth-order valence-corrected chi connectivity index (χ4v) is 0.918. The van der Waals surface area contributed by atoms with Crippen LogP contribution in [0.2, 0.25) is 0 Å². The maximum Gasteiger partial charge on any atom is 0.149 e. The van der Waals surface area contributed by atoms with E-state index in [9.17, 15) is 8.78 Å². The van der Waals surface area contributed by atoms with Crippen molar-refractivity contribution >= 4 is 17.3 Å². The van der Waals surface area contributed by atoms with Crippen LogP contribution in [-0.2, 0) is 0 Å². The van der Waals surface area contributed by atoms with Gasteiger partial charge < -0.3 is 5.32 Å². The summed E-state index contributed by atoms with van der Waals surface area (Å²) in [5, 5.41) is 2.79. The summed E-state index contributed by atoms with van der Waals surface area (Å²) in [5.74, 6) is -1.28. The summed E-state index contributed by atoms with van der Waals surface area (Å²) in [6.07, 6.45) is 0. The van der Waals surface area contributed by atoms with E-state index >= 15 is 0 Å². The molecule has 0 radical (unpaired) electrons.